The molecular formula is C74H144O17P2. The lowest BCUT2D eigenvalue weighted by molar-refractivity contribution is -0.161. The van der Waals surface area contributed by atoms with Gasteiger partial charge >= 0.3 is 39.5 Å². The molecule has 552 valence electrons. The van der Waals surface area contributed by atoms with Gasteiger partial charge < -0.3 is 33.8 Å². The Bertz CT molecular complexity index is 1810. The van der Waals surface area contributed by atoms with Gasteiger partial charge in [-0.1, -0.05) is 330 Å². The lowest BCUT2D eigenvalue weighted by Crippen LogP contribution is -2.30. The number of carbonyl (C=O) groups is 4. The molecule has 0 heterocycles. The van der Waals surface area contributed by atoms with Gasteiger partial charge in [0.2, 0.25) is 0 Å². The molecule has 0 radical (unpaired) electrons. The van der Waals surface area contributed by atoms with E-state index in [0.29, 0.717) is 25.7 Å². The third-order valence-corrected chi connectivity index (χ3v) is 19.5. The molecular weight excluding hydrogens is 1220 g/mol. The number of ether oxygens (including phenoxy) is 4. The first-order chi connectivity index (χ1) is 44.9. The molecule has 0 saturated carbocycles. The van der Waals surface area contributed by atoms with Gasteiger partial charge in [-0.2, -0.15) is 0 Å². The highest BCUT2D eigenvalue weighted by molar-refractivity contribution is 7.47. The van der Waals surface area contributed by atoms with Gasteiger partial charge in [0.1, 0.15) is 19.3 Å². The highest BCUT2D eigenvalue weighted by Gasteiger charge is 2.30. The summed E-state index contributed by atoms with van der Waals surface area (Å²) in [5.74, 6) is -0.571. The maximum absolute atomic E-state index is 13.1. The SMILES string of the molecule is CCCCCCCCCCCCCCCCCC(=O)OC[C@H](COP(=O)(O)OC[C@@H](O)COP(=O)(O)OC[C@@H](COC(=O)CCCCCCCCCCCCC)OC(=O)CCCCCCCCCCC(C)CC)OC(=O)CCCCCCCCCCCCCCC(C)C. The van der Waals surface area contributed by atoms with Gasteiger partial charge in [0.15, 0.2) is 12.2 Å². The number of esters is 4. The van der Waals surface area contributed by atoms with Crippen molar-refractivity contribution in [1.29, 1.82) is 0 Å². The Morgan fingerprint density at radius 3 is 0.817 bits per heavy atom. The molecule has 0 spiro atoms. The minimum absolute atomic E-state index is 0.105. The first-order valence-electron chi connectivity index (χ1n) is 38.5. The Morgan fingerprint density at radius 1 is 0.312 bits per heavy atom. The summed E-state index contributed by atoms with van der Waals surface area (Å²) in [6.07, 6.45) is 52.5. The minimum atomic E-state index is -4.96. The van der Waals surface area contributed by atoms with E-state index >= 15 is 0 Å². The maximum atomic E-state index is 13.1. The van der Waals surface area contributed by atoms with Crippen molar-refractivity contribution in [1.82, 2.24) is 0 Å². The molecule has 6 atom stereocenters. The number of hydrogen-bond acceptors (Lipinski definition) is 15. The molecule has 0 aromatic carbocycles. The van der Waals surface area contributed by atoms with Crippen LogP contribution in [0.3, 0.4) is 0 Å². The molecule has 0 aliphatic rings. The van der Waals surface area contributed by atoms with E-state index in [9.17, 15) is 43.2 Å². The molecule has 0 aromatic heterocycles. The second-order valence-electron chi connectivity index (χ2n) is 27.4. The lowest BCUT2D eigenvalue weighted by Gasteiger charge is -2.21. The molecule has 0 bridgehead atoms. The fourth-order valence-electron chi connectivity index (χ4n) is 11.3. The van der Waals surface area contributed by atoms with Crippen molar-refractivity contribution in [2.75, 3.05) is 39.6 Å². The lowest BCUT2D eigenvalue weighted by atomic mass is 9.99. The smallest absolute Gasteiger partial charge is 0.462 e. The van der Waals surface area contributed by atoms with Crippen LogP contribution in [-0.2, 0) is 65.4 Å². The standard InChI is InChI=1S/C74H144O17P2/c1-7-10-12-14-16-18-20-21-22-23-28-32-39-45-51-57-72(77)85-62-69(90-73(78)58-52-46-40-33-29-25-24-27-30-36-42-48-54-66(4)5)64-88-92(80,81)86-60-68(75)61-87-93(82,83)89-65-70(63-84-71(76)56-50-44-38-31-26-19-17-15-13-11-8-2)91-74(79)59-53-47-41-35-34-37-43-49-55-67(6)9-3/h66-70,75H,7-65H2,1-6H3,(H,80,81)(H,82,83)/t67?,68-,69-,70-/m1/s1. The fourth-order valence-corrected chi connectivity index (χ4v) is 12.8. The molecule has 19 heteroatoms. The monoisotopic (exact) mass is 1370 g/mol. The summed E-state index contributed by atoms with van der Waals surface area (Å²) < 4.78 is 68.5. The Morgan fingerprint density at radius 2 is 0.548 bits per heavy atom. The van der Waals surface area contributed by atoms with Crippen LogP contribution in [0.15, 0.2) is 0 Å². The Labute approximate surface area is 568 Å². The van der Waals surface area contributed by atoms with E-state index in [4.69, 9.17) is 37.0 Å². The predicted octanol–water partition coefficient (Wildman–Crippen LogP) is 21.6. The van der Waals surface area contributed by atoms with Gasteiger partial charge in [0.25, 0.3) is 0 Å². The molecule has 0 saturated heterocycles. The molecule has 0 fully saturated rings. The summed E-state index contributed by atoms with van der Waals surface area (Å²) in [5, 5.41) is 10.6. The summed E-state index contributed by atoms with van der Waals surface area (Å²) in [6, 6.07) is 0. The van der Waals surface area contributed by atoms with Gasteiger partial charge in [0, 0.05) is 25.7 Å². The molecule has 0 aliphatic heterocycles. The quantitative estimate of drug-likeness (QED) is 0.0222. The average molecular weight is 1370 g/mol. The molecule has 93 heavy (non-hydrogen) atoms. The van der Waals surface area contributed by atoms with Gasteiger partial charge in [-0.15, -0.1) is 0 Å². The van der Waals surface area contributed by atoms with E-state index in [0.717, 1.165) is 102 Å². The number of hydrogen-bond donors (Lipinski definition) is 3. The van der Waals surface area contributed by atoms with Crippen LogP contribution in [0.25, 0.3) is 0 Å². The topological polar surface area (TPSA) is 237 Å². The maximum Gasteiger partial charge on any atom is 0.472 e. The Hall–Kier alpha value is -1.94. The second kappa shape index (κ2) is 66.0. The minimum Gasteiger partial charge on any atom is -0.462 e. The summed E-state index contributed by atoms with van der Waals surface area (Å²) in [7, 11) is -9.91. The van der Waals surface area contributed by atoms with Crippen molar-refractivity contribution < 1.29 is 80.2 Å². The van der Waals surface area contributed by atoms with Crippen molar-refractivity contribution in [3.8, 4) is 0 Å². The van der Waals surface area contributed by atoms with E-state index < -0.39 is 97.5 Å². The van der Waals surface area contributed by atoms with Gasteiger partial charge in [0.05, 0.1) is 26.4 Å². The third-order valence-electron chi connectivity index (χ3n) is 17.6. The van der Waals surface area contributed by atoms with E-state index in [2.05, 4.69) is 41.5 Å². The highest BCUT2D eigenvalue weighted by Crippen LogP contribution is 2.45. The van der Waals surface area contributed by atoms with Gasteiger partial charge in [-0.25, -0.2) is 9.13 Å². The van der Waals surface area contributed by atoms with Crippen LogP contribution in [0.1, 0.15) is 382 Å². The van der Waals surface area contributed by atoms with Gasteiger partial charge in [-0.05, 0) is 37.5 Å². The number of carbonyl (C=O) groups excluding carboxylic acids is 4. The molecule has 3 unspecified atom stereocenters. The highest BCUT2D eigenvalue weighted by atomic mass is 31.2. The number of unbranched alkanes of at least 4 members (excludes halogenated alkanes) is 42. The molecule has 17 nitrogen and oxygen atoms in total. The predicted molar refractivity (Wildman–Crippen MR) is 377 cm³/mol. The molecule has 0 amide bonds. The second-order valence-corrected chi connectivity index (χ2v) is 30.3. The van der Waals surface area contributed by atoms with Crippen LogP contribution in [0.2, 0.25) is 0 Å². The van der Waals surface area contributed by atoms with Crippen LogP contribution in [-0.4, -0.2) is 96.7 Å². The zero-order valence-electron chi connectivity index (χ0n) is 60.6. The molecule has 3 N–H and O–H groups in total. The zero-order chi connectivity index (χ0) is 68.6. The van der Waals surface area contributed by atoms with Crippen LogP contribution in [0.4, 0.5) is 0 Å². The van der Waals surface area contributed by atoms with Crippen LogP contribution >= 0.6 is 15.6 Å². The number of phosphoric ester groups is 2. The van der Waals surface area contributed by atoms with Crippen molar-refractivity contribution in [3.05, 3.63) is 0 Å². The van der Waals surface area contributed by atoms with Crippen LogP contribution in [0, 0.1) is 11.8 Å². The summed E-state index contributed by atoms with van der Waals surface area (Å²) in [4.78, 5) is 72.7. The third kappa shape index (κ3) is 67.0. The zero-order valence-corrected chi connectivity index (χ0v) is 62.3. The first-order valence-corrected chi connectivity index (χ1v) is 41.5. The van der Waals surface area contributed by atoms with Gasteiger partial charge in [-0.3, -0.25) is 37.3 Å². The molecule has 0 aliphatic carbocycles. The number of rotatable bonds is 73. The number of aliphatic hydroxyl groups is 1. The fraction of sp³-hybridized carbons (Fsp3) is 0.946. The number of phosphoric acid groups is 2. The largest absolute Gasteiger partial charge is 0.472 e. The van der Waals surface area contributed by atoms with E-state index in [1.807, 2.05) is 0 Å². The van der Waals surface area contributed by atoms with Crippen LogP contribution in [0.5, 0.6) is 0 Å². The summed E-state index contributed by atoms with van der Waals surface area (Å²) >= 11 is 0. The number of aliphatic hydroxyl groups excluding tert-OH is 1. The van der Waals surface area contributed by atoms with Crippen molar-refractivity contribution in [2.45, 2.75) is 400 Å². The Kier molecular flexibility index (Phi) is 64.6. The van der Waals surface area contributed by atoms with Crippen LogP contribution < -0.4 is 0 Å². The Balaban J connectivity index is 5.26. The van der Waals surface area contributed by atoms with E-state index in [1.165, 1.54) is 199 Å². The summed E-state index contributed by atoms with van der Waals surface area (Å²) in [5.41, 5.74) is 0. The van der Waals surface area contributed by atoms with Crippen molar-refractivity contribution in [3.63, 3.8) is 0 Å². The first kappa shape index (κ1) is 91.1. The summed E-state index contributed by atoms with van der Waals surface area (Å²) in [6.45, 7) is 9.59. The average Bonchev–Trinajstić information content (AvgIpc) is 1.85. The van der Waals surface area contributed by atoms with E-state index in [1.54, 1.807) is 0 Å². The van der Waals surface area contributed by atoms with Crippen molar-refractivity contribution in [2.24, 2.45) is 11.8 Å². The van der Waals surface area contributed by atoms with E-state index in [-0.39, 0.29) is 25.7 Å². The molecule has 0 rings (SSSR count). The normalized spacial score (nSPS) is 14.3. The van der Waals surface area contributed by atoms with Crippen molar-refractivity contribution >= 4 is 39.5 Å². The molecule has 0 aromatic rings.